The van der Waals surface area contributed by atoms with Crippen LogP contribution < -0.4 is 0 Å². The molecule has 1 heterocycles. The molecular weight excluding hydrogens is 290 g/mol. The van der Waals surface area contributed by atoms with Crippen molar-refractivity contribution in [1.82, 2.24) is 4.57 Å². The molecule has 0 amide bonds. The van der Waals surface area contributed by atoms with E-state index in [1.54, 1.807) is 11.8 Å². The average Bonchev–Trinajstić information content (AvgIpc) is 2.69. The number of rotatable bonds is 5. The quantitative estimate of drug-likeness (QED) is 0.763. The van der Waals surface area contributed by atoms with Gasteiger partial charge in [0.2, 0.25) is 0 Å². The number of aryl methyl sites for hydroxylation is 1. The molecule has 20 heavy (non-hydrogen) atoms. The molecule has 0 fully saturated rings. The molecule has 2 aromatic rings. The summed E-state index contributed by atoms with van der Waals surface area (Å²) in [5, 5.41) is 0.741. The van der Waals surface area contributed by atoms with Crippen LogP contribution in [0, 0.1) is 13.8 Å². The van der Waals surface area contributed by atoms with Gasteiger partial charge in [0.05, 0.1) is 5.75 Å². The maximum Gasteiger partial charge on any atom is 0.174 e. The van der Waals surface area contributed by atoms with Crippen LogP contribution in [-0.4, -0.2) is 16.1 Å². The Hall–Kier alpha value is -1.19. The molecule has 1 aromatic heterocycles. The molecular formula is C16H18ClNOS. The van der Waals surface area contributed by atoms with Gasteiger partial charge in [-0.25, -0.2) is 0 Å². The van der Waals surface area contributed by atoms with Gasteiger partial charge < -0.3 is 4.57 Å². The number of hydrogen-bond donors (Lipinski definition) is 0. The molecule has 0 aliphatic heterocycles. The zero-order valence-corrected chi connectivity index (χ0v) is 13.5. The van der Waals surface area contributed by atoms with Crippen molar-refractivity contribution in [3.8, 4) is 0 Å². The number of nitrogens with zero attached hydrogens (tertiary/aromatic N) is 1. The molecule has 0 unspecified atom stereocenters. The maximum absolute atomic E-state index is 12.2. The molecule has 0 spiro atoms. The first-order valence-electron chi connectivity index (χ1n) is 6.47. The second-order valence-corrected chi connectivity index (χ2v) is 6.31. The summed E-state index contributed by atoms with van der Waals surface area (Å²) in [6.07, 6.45) is 0. The Morgan fingerprint density at radius 1 is 1.25 bits per heavy atom. The van der Waals surface area contributed by atoms with Gasteiger partial charge in [0.1, 0.15) is 0 Å². The number of halogens is 1. The molecule has 1 aromatic carbocycles. The van der Waals surface area contributed by atoms with Crippen LogP contribution >= 0.6 is 23.4 Å². The van der Waals surface area contributed by atoms with Gasteiger partial charge in [-0.15, -0.1) is 11.8 Å². The minimum Gasteiger partial charge on any atom is -0.351 e. The summed E-state index contributed by atoms with van der Waals surface area (Å²) in [4.78, 5) is 12.2. The lowest BCUT2D eigenvalue weighted by Gasteiger charge is -2.03. The normalized spacial score (nSPS) is 10.8. The van der Waals surface area contributed by atoms with Crippen LogP contribution in [0.25, 0.3) is 0 Å². The standard InChI is InChI=1S/C16H18ClNOS/c1-11-8-15(12(2)18(11)3)16(19)10-20-9-13-4-6-14(17)7-5-13/h4-8H,9-10H2,1-3H3. The highest BCUT2D eigenvalue weighted by atomic mass is 35.5. The van der Waals surface area contributed by atoms with E-state index in [2.05, 4.69) is 4.57 Å². The Labute approximate surface area is 129 Å². The minimum absolute atomic E-state index is 0.199. The van der Waals surface area contributed by atoms with Crippen molar-refractivity contribution in [3.05, 3.63) is 57.9 Å². The first-order chi connectivity index (χ1) is 9.49. The number of Topliss-reactive ketones (excluding diaryl/α,β-unsaturated/α-hetero) is 1. The second-order valence-electron chi connectivity index (χ2n) is 4.89. The maximum atomic E-state index is 12.2. The molecule has 0 aliphatic rings. The molecule has 4 heteroatoms. The highest BCUT2D eigenvalue weighted by molar-refractivity contribution is 7.99. The minimum atomic E-state index is 0.199. The van der Waals surface area contributed by atoms with Gasteiger partial charge in [-0.2, -0.15) is 0 Å². The molecule has 106 valence electrons. The fourth-order valence-electron chi connectivity index (χ4n) is 2.06. The Morgan fingerprint density at radius 2 is 1.90 bits per heavy atom. The number of thioether (sulfide) groups is 1. The van der Waals surface area contributed by atoms with E-state index in [1.807, 2.05) is 51.2 Å². The van der Waals surface area contributed by atoms with Crippen LogP contribution in [0.1, 0.15) is 27.3 Å². The summed E-state index contributed by atoms with van der Waals surface area (Å²) in [5.41, 5.74) is 4.19. The van der Waals surface area contributed by atoms with Crippen molar-refractivity contribution in [3.63, 3.8) is 0 Å². The molecule has 0 bridgehead atoms. The van der Waals surface area contributed by atoms with E-state index >= 15 is 0 Å². The van der Waals surface area contributed by atoms with Gasteiger partial charge in [0.25, 0.3) is 0 Å². The number of carbonyl (C=O) groups is 1. The van der Waals surface area contributed by atoms with Crippen LogP contribution in [-0.2, 0) is 12.8 Å². The second kappa shape index (κ2) is 6.51. The number of aromatic nitrogens is 1. The van der Waals surface area contributed by atoms with Crippen LogP contribution in [0.3, 0.4) is 0 Å². The number of carbonyl (C=O) groups excluding carboxylic acids is 1. The zero-order valence-electron chi connectivity index (χ0n) is 11.9. The van der Waals surface area contributed by atoms with E-state index in [9.17, 15) is 4.79 Å². The van der Waals surface area contributed by atoms with Crippen molar-refractivity contribution in [1.29, 1.82) is 0 Å². The molecule has 0 radical (unpaired) electrons. The summed E-state index contributed by atoms with van der Waals surface area (Å²) >= 11 is 7.48. The van der Waals surface area contributed by atoms with Gasteiger partial charge in [-0.3, -0.25) is 4.79 Å². The lowest BCUT2D eigenvalue weighted by Crippen LogP contribution is -2.04. The molecule has 0 saturated heterocycles. The van der Waals surface area contributed by atoms with Gasteiger partial charge in [-0.05, 0) is 37.6 Å². The Bertz CT molecular complexity index is 616. The van der Waals surface area contributed by atoms with E-state index in [0.717, 1.165) is 27.7 Å². The van der Waals surface area contributed by atoms with E-state index in [4.69, 9.17) is 11.6 Å². The van der Waals surface area contributed by atoms with Crippen molar-refractivity contribution < 1.29 is 4.79 Å². The average molecular weight is 308 g/mol. The van der Waals surface area contributed by atoms with Gasteiger partial charge >= 0.3 is 0 Å². The summed E-state index contributed by atoms with van der Waals surface area (Å²) < 4.78 is 2.05. The summed E-state index contributed by atoms with van der Waals surface area (Å²) in [5.74, 6) is 1.53. The monoisotopic (exact) mass is 307 g/mol. The van der Waals surface area contributed by atoms with Gasteiger partial charge in [0, 0.05) is 34.8 Å². The molecule has 0 atom stereocenters. The fourth-order valence-corrected chi connectivity index (χ4v) is 3.05. The summed E-state index contributed by atoms with van der Waals surface area (Å²) in [6, 6.07) is 9.73. The van der Waals surface area contributed by atoms with Crippen LogP contribution in [0.4, 0.5) is 0 Å². The molecule has 2 nitrogen and oxygen atoms in total. The van der Waals surface area contributed by atoms with Crippen molar-refractivity contribution in [2.75, 3.05) is 5.75 Å². The first-order valence-corrected chi connectivity index (χ1v) is 8.00. The van der Waals surface area contributed by atoms with Crippen molar-refractivity contribution in [2.45, 2.75) is 19.6 Å². The third kappa shape index (κ3) is 3.47. The lowest BCUT2D eigenvalue weighted by molar-refractivity contribution is 0.102. The lowest BCUT2D eigenvalue weighted by atomic mass is 10.2. The highest BCUT2D eigenvalue weighted by Gasteiger charge is 2.13. The Morgan fingerprint density at radius 3 is 2.45 bits per heavy atom. The Balaban J connectivity index is 1.92. The molecule has 2 rings (SSSR count). The summed E-state index contributed by atoms with van der Waals surface area (Å²) in [6.45, 7) is 4.01. The predicted octanol–water partition coefficient (Wildman–Crippen LogP) is 4.41. The number of benzene rings is 1. The van der Waals surface area contributed by atoms with E-state index < -0.39 is 0 Å². The van der Waals surface area contributed by atoms with Crippen molar-refractivity contribution >= 4 is 29.1 Å². The van der Waals surface area contributed by atoms with Crippen LogP contribution in [0.15, 0.2) is 30.3 Å². The van der Waals surface area contributed by atoms with Gasteiger partial charge in [-0.1, -0.05) is 23.7 Å². The number of hydrogen-bond acceptors (Lipinski definition) is 2. The van der Waals surface area contributed by atoms with Crippen LogP contribution in [0.5, 0.6) is 0 Å². The van der Waals surface area contributed by atoms with Crippen molar-refractivity contribution in [2.24, 2.45) is 7.05 Å². The first kappa shape index (κ1) is 15.2. The SMILES string of the molecule is Cc1cc(C(=O)CSCc2ccc(Cl)cc2)c(C)n1C. The third-order valence-electron chi connectivity index (χ3n) is 3.49. The topological polar surface area (TPSA) is 22.0 Å². The van der Waals surface area contributed by atoms with E-state index in [0.29, 0.717) is 5.75 Å². The largest absolute Gasteiger partial charge is 0.351 e. The van der Waals surface area contributed by atoms with E-state index in [1.165, 1.54) is 5.56 Å². The van der Waals surface area contributed by atoms with E-state index in [-0.39, 0.29) is 5.78 Å². The molecule has 0 saturated carbocycles. The highest BCUT2D eigenvalue weighted by Crippen LogP contribution is 2.19. The zero-order chi connectivity index (χ0) is 14.7. The molecule has 0 N–H and O–H groups in total. The van der Waals surface area contributed by atoms with Crippen LogP contribution in [0.2, 0.25) is 5.02 Å². The number of ketones is 1. The van der Waals surface area contributed by atoms with Gasteiger partial charge in [0.15, 0.2) is 5.78 Å². The predicted molar refractivity (Wildman–Crippen MR) is 86.8 cm³/mol. The molecule has 0 aliphatic carbocycles. The fraction of sp³-hybridized carbons (Fsp3) is 0.312. The summed E-state index contributed by atoms with van der Waals surface area (Å²) in [7, 11) is 1.99. The third-order valence-corrected chi connectivity index (χ3v) is 4.75. The Kier molecular flexibility index (Phi) is 4.95. The smallest absolute Gasteiger partial charge is 0.174 e.